The predicted octanol–water partition coefficient (Wildman–Crippen LogP) is 3.18. The number of carbonyl (C=O) groups excluding carboxylic acids is 1. The molecule has 1 saturated carbocycles. The maximum atomic E-state index is 12.7. The van der Waals surface area contributed by atoms with E-state index < -0.39 is 15.4 Å². The van der Waals surface area contributed by atoms with E-state index in [1.165, 1.54) is 0 Å². The Hall–Kier alpha value is -1.60. The van der Waals surface area contributed by atoms with Gasteiger partial charge in [0.15, 0.2) is 0 Å². The van der Waals surface area contributed by atoms with Crippen LogP contribution in [0.15, 0.2) is 23.1 Å². The summed E-state index contributed by atoms with van der Waals surface area (Å²) in [4.78, 5) is 12.3. The number of sulfonamides is 1. The highest BCUT2D eigenvalue weighted by Gasteiger charge is 2.39. The molecule has 0 aromatic heterocycles. The molecule has 0 heterocycles. The highest BCUT2D eigenvalue weighted by Crippen LogP contribution is 2.37. The Bertz CT molecular complexity index is 736. The lowest BCUT2D eigenvalue weighted by Crippen LogP contribution is -2.42. The molecule has 0 saturated heterocycles. The molecule has 1 aliphatic carbocycles. The van der Waals surface area contributed by atoms with Crippen molar-refractivity contribution in [2.75, 3.05) is 13.2 Å². The third kappa shape index (κ3) is 4.76. The van der Waals surface area contributed by atoms with Crippen LogP contribution in [0, 0.1) is 12.3 Å². The van der Waals surface area contributed by atoms with Gasteiger partial charge in [-0.15, -0.1) is 0 Å². The number of carbonyl (C=O) groups is 1. The first-order valence-corrected chi connectivity index (χ1v) is 10.6. The van der Waals surface area contributed by atoms with Crippen LogP contribution in [0.1, 0.15) is 52.0 Å². The molecule has 26 heavy (non-hydrogen) atoms. The van der Waals surface area contributed by atoms with Crippen LogP contribution in [0.4, 0.5) is 0 Å². The summed E-state index contributed by atoms with van der Waals surface area (Å²) in [6.07, 6.45) is 2.46. The zero-order valence-electron chi connectivity index (χ0n) is 16.0. The van der Waals surface area contributed by atoms with Gasteiger partial charge < -0.3 is 9.47 Å². The summed E-state index contributed by atoms with van der Waals surface area (Å²) in [6.45, 7) is 8.30. The number of rotatable bonds is 7. The van der Waals surface area contributed by atoms with Crippen molar-refractivity contribution in [1.82, 2.24) is 4.72 Å². The molecule has 146 valence electrons. The van der Waals surface area contributed by atoms with Crippen molar-refractivity contribution in [3.63, 3.8) is 0 Å². The molecule has 1 N–H and O–H groups in total. The van der Waals surface area contributed by atoms with Crippen LogP contribution < -0.4 is 9.46 Å². The van der Waals surface area contributed by atoms with Gasteiger partial charge in [-0.3, -0.25) is 4.79 Å². The van der Waals surface area contributed by atoms with Crippen LogP contribution >= 0.6 is 0 Å². The van der Waals surface area contributed by atoms with Crippen LogP contribution in [0.25, 0.3) is 0 Å². The Morgan fingerprint density at radius 2 is 1.88 bits per heavy atom. The maximum Gasteiger partial charge on any atom is 0.311 e. The molecule has 1 aromatic rings. The largest absolute Gasteiger partial charge is 0.494 e. The molecule has 0 atom stereocenters. The first-order valence-electron chi connectivity index (χ1n) is 9.15. The number of esters is 1. The summed E-state index contributed by atoms with van der Waals surface area (Å²) in [5.41, 5.74) is 0.265. The van der Waals surface area contributed by atoms with Crippen molar-refractivity contribution >= 4 is 16.0 Å². The first kappa shape index (κ1) is 20.7. The second kappa shape index (κ2) is 8.39. The Morgan fingerprint density at radius 1 is 1.23 bits per heavy atom. The van der Waals surface area contributed by atoms with E-state index in [2.05, 4.69) is 4.72 Å². The number of hydrogen-bond acceptors (Lipinski definition) is 5. The Labute approximate surface area is 156 Å². The maximum absolute atomic E-state index is 12.7. The van der Waals surface area contributed by atoms with Crippen LogP contribution in [-0.4, -0.2) is 33.6 Å². The Morgan fingerprint density at radius 3 is 2.42 bits per heavy atom. The van der Waals surface area contributed by atoms with Crippen molar-refractivity contribution in [3.05, 3.63) is 23.8 Å². The topological polar surface area (TPSA) is 81.7 Å². The van der Waals surface area contributed by atoms with E-state index >= 15 is 0 Å². The molecular weight excluding hydrogens is 354 g/mol. The van der Waals surface area contributed by atoms with Crippen LogP contribution in [-0.2, 0) is 19.6 Å². The van der Waals surface area contributed by atoms with Crippen molar-refractivity contribution in [2.24, 2.45) is 5.41 Å². The number of ether oxygens (including phenoxy) is 2. The van der Waals surface area contributed by atoms with Crippen LogP contribution in [0.5, 0.6) is 5.75 Å². The summed E-state index contributed by atoms with van der Waals surface area (Å²) in [5, 5.41) is 0. The van der Waals surface area contributed by atoms with E-state index in [0.29, 0.717) is 44.6 Å². The summed E-state index contributed by atoms with van der Waals surface area (Å²) in [7, 11) is -3.60. The minimum absolute atomic E-state index is 0.172. The fourth-order valence-electron chi connectivity index (χ4n) is 3.28. The molecule has 0 amide bonds. The van der Waals surface area contributed by atoms with Gasteiger partial charge in [0.2, 0.25) is 10.0 Å². The number of nitrogens with one attached hydrogen (secondary N) is 1. The average molecular weight is 384 g/mol. The smallest absolute Gasteiger partial charge is 0.311 e. The van der Waals surface area contributed by atoms with Gasteiger partial charge in [0, 0.05) is 6.04 Å². The second-order valence-corrected chi connectivity index (χ2v) is 8.75. The summed E-state index contributed by atoms with van der Waals surface area (Å²) < 4.78 is 38.7. The van der Waals surface area contributed by atoms with E-state index in [1.807, 2.05) is 20.8 Å². The molecule has 0 spiro atoms. The molecule has 0 bridgehead atoms. The third-order valence-corrected chi connectivity index (χ3v) is 6.45. The fraction of sp³-hybridized carbons (Fsp3) is 0.632. The molecule has 0 radical (unpaired) electrons. The van der Waals surface area contributed by atoms with E-state index in [4.69, 9.17) is 9.47 Å². The lowest BCUT2D eigenvalue weighted by atomic mass is 9.74. The summed E-state index contributed by atoms with van der Waals surface area (Å²) in [6, 6.07) is 4.70. The second-order valence-electron chi connectivity index (χ2n) is 7.04. The minimum Gasteiger partial charge on any atom is -0.494 e. The van der Waals surface area contributed by atoms with E-state index in [0.717, 1.165) is 5.56 Å². The van der Waals surface area contributed by atoms with E-state index in [-0.39, 0.29) is 16.9 Å². The van der Waals surface area contributed by atoms with Crippen LogP contribution in [0.2, 0.25) is 0 Å². The van der Waals surface area contributed by atoms with Gasteiger partial charge in [-0.05, 0) is 77.1 Å². The molecule has 1 fully saturated rings. The third-order valence-electron chi connectivity index (χ3n) is 4.94. The van der Waals surface area contributed by atoms with Gasteiger partial charge in [0.1, 0.15) is 5.75 Å². The Kier molecular flexibility index (Phi) is 6.69. The zero-order chi connectivity index (χ0) is 19.4. The monoisotopic (exact) mass is 383 g/mol. The molecule has 0 unspecified atom stereocenters. The lowest BCUT2D eigenvalue weighted by Gasteiger charge is -2.35. The van der Waals surface area contributed by atoms with Crippen molar-refractivity contribution in [1.29, 1.82) is 0 Å². The first-order chi connectivity index (χ1) is 12.2. The lowest BCUT2D eigenvalue weighted by molar-refractivity contribution is -0.156. The molecular formula is C19H29NO5S. The summed E-state index contributed by atoms with van der Waals surface area (Å²) in [5.74, 6) is 0.498. The summed E-state index contributed by atoms with van der Waals surface area (Å²) >= 11 is 0. The minimum atomic E-state index is -3.60. The molecule has 6 nitrogen and oxygen atoms in total. The predicted molar refractivity (Wildman–Crippen MR) is 99.7 cm³/mol. The van der Waals surface area contributed by atoms with Gasteiger partial charge in [-0.1, -0.05) is 0 Å². The molecule has 1 aromatic carbocycles. The quantitative estimate of drug-likeness (QED) is 0.731. The van der Waals surface area contributed by atoms with Gasteiger partial charge in [0.25, 0.3) is 0 Å². The van der Waals surface area contributed by atoms with Gasteiger partial charge >= 0.3 is 5.97 Å². The Balaban J connectivity index is 2.03. The van der Waals surface area contributed by atoms with Crippen molar-refractivity contribution < 1.29 is 22.7 Å². The number of aryl methyl sites for hydroxylation is 1. The number of hydrogen-bond donors (Lipinski definition) is 1. The molecule has 1 aliphatic rings. The fourth-order valence-corrected chi connectivity index (χ4v) is 4.67. The van der Waals surface area contributed by atoms with Gasteiger partial charge in [0.05, 0.1) is 23.5 Å². The van der Waals surface area contributed by atoms with Crippen molar-refractivity contribution in [3.8, 4) is 5.75 Å². The highest BCUT2D eigenvalue weighted by molar-refractivity contribution is 7.89. The SMILES string of the molecule is CCOC(=O)C1(C)CCC(NS(=O)(=O)c2ccc(OCC)c(C)c2)CC1. The standard InChI is InChI=1S/C19H29NO5S/c1-5-24-17-8-7-16(13-14(17)3)26(22,23)20-15-9-11-19(4,12-10-15)18(21)25-6-2/h7-8,13,15,20H,5-6,9-12H2,1-4H3. The highest BCUT2D eigenvalue weighted by atomic mass is 32.2. The average Bonchev–Trinajstić information content (AvgIpc) is 2.59. The van der Waals surface area contributed by atoms with Gasteiger partial charge in [-0.2, -0.15) is 0 Å². The zero-order valence-corrected chi connectivity index (χ0v) is 16.8. The molecule has 7 heteroatoms. The molecule has 0 aliphatic heterocycles. The number of benzene rings is 1. The molecule has 2 rings (SSSR count). The van der Waals surface area contributed by atoms with Crippen LogP contribution in [0.3, 0.4) is 0 Å². The van der Waals surface area contributed by atoms with E-state index in [9.17, 15) is 13.2 Å². The normalized spacial score (nSPS) is 23.5. The van der Waals surface area contributed by atoms with E-state index in [1.54, 1.807) is 25.1 Å². The van der Waals surface area contributed by atoms with Gasteiger partial charge in [-0.25, -0.2) is 13.1 Å². The van der Waals surface area contributed by atoms with Crippen molar-refractivity contribution in [2.45, 2.75) is 64.3 Å².